The van der Waals surface area contributed by atoms with E-state index in [9.17, 15) is 9.90 Å². The highest BCUT2D eigenvalue weighted by Gasteiger charge is 2.31. The van der Waals surface area contributed by atoms with E-state index in [0.29, 0.717) is 5.41 Å². The standard InChI is InChI=1S/C28H39NO3/c1-19-15-26(32-22-11-9-21(10-12-22)28(2,3)4)25(24-8-6-5-7-23(19)24)18-29-14-13-20(17-29)16-27(30)31/h5-8,15,20-22H,9-14,16-18H2,1-4H3,(H,30,31). The SMILES string of the molecule is Cc1cc(OC2CCC(C(C)(C)C)CC2)c(CN2CCC(CC(=O)O)C2)c2ccccc12. The van der Waals surface area contributed by atoms with Crippen LogP contribution in [0.25, 0.3) is 10.8 Å². The van der Waals surface area contributed by atoms with Gasteiger partial charge in [-0.2, -0.15) is 0 Å². The molecule has 174 valence electrons. The van der Waals surface area contributed by atoms with Crippen molar-refractivity contribution in [1.29, 1.82) is 0 Å². The number of aliphatic carboxylic acids is 1. The normalized spacial score (nSPS) is 24.7. The number of nitrogens with zero attached hydrogens (tertiary/aromatic N) is 1. The van der Waals surface area contributed by atoms with Crippen LogP contribution in [0, 0.1) is 24.2 Å². The minimum absolute atomic E-state index is 0.251. The molecule has 2 fully saturated rings. The zero-order valence-corrected chi connectivity index (χ0v) is 20.2. The second-order valence-corrected chi connectivity index (χ2v) is 11.2. The third-order valence-electron chi connectivity index (χ3n) is 7.73. The number of aryl methyl sites for hydroxylation is 1. The van der Waals surface area contributed by atoms with Crippen LogP contribution < -0.4 is 4.74 Å². The minimum atomic E-state index is -0.687. The molecule has 0 aromatic heterocycles. The number of hydrogen-bond acceptors (Lipinski definition) is 3. The van der Waals surface area contributed by atoms with Gasteiger partial charge in [0, 0.05) is 25.1 Å². The smallest absolute Gasteiger partial charge is 0.303 e. The van der Waals surface area contributed by atoms with E-state index in [2.05, 4.69) is 62.9 Å². The van der Waals surface area contributed by atoms with Crippen molar-refractivity contribution in [1.82, 2.24) is 4.90 Å². The minimum Gasteiger partial charge on any atom is -0.490 e. The first-order valence-corrected chi connectivity index (χ1v) is 12.3. The van der Waals surface area contributed by atoms with Crippen molar-refractivity contribution in [2.45, 2.75) is 78.9 Å². The van der Waals surface area contributed by atoms with Gasteiger partial charge in [0.25, 0.3) is 0 Å². The second-order valence-electron chi connectivity index (χ2n) is 11.2. The molecule has 1 saturated carbocycles. The molecule has 1 aliphatic carbocycles. The maximum absolute atomic E-state index is 11.2. The van der Waals surface area contributed by atoms with Crippen molar-refractivity contribution in [3.8, 4) is 5.75 Å². The monoisotopic (exact) mass is 437 g/mol. The summed E-state index contributed by atoms with van der Waals surface area (Å²) in [6.07, 6.45) is 6.23. The average molecular weight is 438 g/mol. The molecule has 2 aromatic rings. The van der Waals surface area contributed by atoms with Crippen molar-refractivity contribution in [3.63, 3.8) is 0 Å². The molecule has 0 radical (unpaired) electrons. The number of carbonyl (C=O) groups is 1. The molecule has 0 bridgehead atoms. The summed E-state index contributed by atoms with van der Waals surface area (Å²) in [5.74, 6) is 1.37. The predicted octanol–water partition coefficient (Wildman–Crippen LogP) is 6.43. The molecule has 1 saturated heterocycles. The van der Waals surface area contributed by atoms with Crippen LogP contribution in [0.3, 0.4) is 0 Å². The first-order chi connectivity index (χ1) is 15.2. The summed E-state index contributed by atoms with van der Waals surface area (Å²) < 4.78 is 6.72. The summed E-state index contributed by atoms with van der Waals surface area (Å²) in [5, 5.41) is 11.7. The largest absolute Gasteiger partial charge is 0.490 e. The summed E-state index contributed by atoms with van der Waals surface area (Å²) in [7, 11) is 0. The topological polar surface area (TPSA) is 49.8 Å². The molecule has 2 aliphatic rings. The van der Waals surface area contributed by atoms with Crippen LogP contribution >= 0.6 is 0 Å². The molecule has 4 rings (SSSR count). The summed E-state index contributed by atoms with van der Waals surface area (Å²) in [4.78, 5) is 13.6. The third-order valence-corrected chi connectivity index (χ3v) is 7.73. The summed E-state index contributed by atoms with van der Waals surface area (Å²) >= 11 is 0. The molecule has 1 aliphatic heterocycles. The van der Waals surface area contributed by atoms with Crippen LogP contribution in [0.1, 0.15) is 70.4 Å². The molecular formula is C28H39NO3. The number of carboxylic acid groups (broad SMARTS) is 1. The molecule has 1 unspecified atom stereocenters. The van der Waals surface area contributed by atoms with Gasteiger partial charge >= 0.3 is 5.97 Å². The lowest BCUT2D eigenvalue weighted by molar-refractivity contribution is -0.138. The number of fused-ring (bicyclic) bond motifs is 1. The van der Waals surface area contributed by atoms with Crippen molar-refractivity contribution in [3.05, 3.63) is 41.5 Å². The van der Waals surface area contributed by atoms with Gasteiger partial charge in [-0.15, -0.1) is 0 Å². The molecule has 1 atom stereocenters. The molecule has 0 spiro atoms. The molecule has 1 N–H and O–H groups in total. The number of benzene rings is 2. The summed E-state index contributed by atoms with van der Waals surface area (Å²) in [6.45, 7) is 11.9. The zero-order valence-electron chi connectivity index (χ0n) is 20.2. The highest BCUT2D eigenvalue weighted by molar-refractivity contribution is 5.90. The molecule has 4 nitrogen and oxygen atoms in total. The van der Waals surface area contributed by atoms with E-state index in [1.807, 2.05) is 0 Å². The Kier molecular flexibility index (Phi) is 6.80. The Morgan fingerprint density at radius 2 is 1.78 bits per heavy atom. The van der Waals surface area contributed by atoms with Crippen molar-refractivity contribution in [2.24, 2.45) is 17.3 Å². The molecule has 32 heavy (non-hydrogen) atoms. The van der Waals surface area contributed by atoms with Gasteiger partial charge in [-0.1, -0.05) is 45.0 Å². The quantitative estimate of drug-likeness (QED) is 0.566. The Morgan fingerprint density at radius 3 is 2.44 bits per heavy atom. The van der Waals surface area contributed by atoms with E-state index in [4.69, 9.17) is 4.74 Å². The molecule has 1 heterocycles. The lowest BCUT2D eigenvalue weighted by Crippen LogP contribution is -2.31. The number of carboxylic acids is 1. The highest BCUT2D eigenvalue weighted by Crippen LogP contribution is 2.40. The van der Waals surface area contributed by atoms with Crippen LogP contribution in [-0.2, 0) is 11.3 Å². The summed E-state index contributed by atoms with van der Waals surface area (Å²) in [5.41, 5.74) is 2.89. The van der Waals surface area contributed by atoms with E-state index in [0.717, 1.165) is 50.6 Å². The van der Waals surface area contributed by atoms with Crippen molar-refractivity contribution < 1.29 is 14.6 Å². The Balaban J connectivity index is 1.55. The first kappa shape index (κ1) is 23.1. The van der Waals surface area contributed by atoms with Crippen LogP contribution in [0.15, 0.2) is 30.3 Å². The predicted molar refractivity (Wildman–Crippen MR) is 130 cm³/mol. The van der Waals surface area contributed by atoms with Crippen molar-refractivity contribution >= 4 is 16.7 Å². The molecule has 4 heteroatoms. The maximum atomic E-state index is 11.2. The molecular weight excluding hydrogens is 398 g/mol. The van der Waals surface area contributed by atoms with Crippen LogP contribution in [0.4, 0.5) is 0 Å². The zero-order chi connectivity index (χ0) is 22.9. The van der Waals surface area contributed by atoms with E-state index >= 15 is 0 Å². The fraction of sp³-hybridized carbons (Fsp3) is 0.607. The Hall–Kier alpha value is -2.07. The van der Waals surface area contributed by atoms with Crippen LogP contribution in [-0.4, -0.2) is 35.2 Å². The number of hydrogen-bond donors (Lipinski definition) is 1. The van der Waals surface area contributed by atoms with Gasteiger partial charge in [0.1, 0.15) is 5.75 Å². The van der Waals surface area contributed by atoms with E-state index in [1.165, 1.54) is 34.7 Å². The van der Waals surface area contributed by atoms with E-state index in [1.54, 1.807) is 0 Å². The average Bonchev–Trinajstić information content (AvgIpc) is 3.17. The lowest BCUT2D eigenvalue weighted by Gasteiger charge is -2.37. The van der Waals surface area contributed by atoms with Crippen molar-refractivity contribution in [2.75, 3.05) is 13.1 Å². The van der Waals surface area contributed by atoms with E-state index < -0.39 is 5.97 Å². The van der Waals surface area contributed by atoms with Gasteiger partial charge in [0.15, 0.2) is 0 Å². The Labute approximate surface area is 192 Å². The third kappa shape index (κ3) is 5.28. The highest BCUT2D eigenvalue weighted by atomic mass is 16.5. The lowest BCUT2D eigenvalue weighted by atomic mass is 9.72. The maximum Gasteiger partial charge on any atom is 0.303 e. The fourth-order valence-corrected chi connectivity index (χ4v) is 5.77. The first-order valence-electron chi connectivity index (χ1n) is 12.3. The van der Waals surface area contributed by atoms with Crippen LogP contribution in [0.2, 0.25) is 0 Å². The number of rotatable bonds is 6. The molecule has 0 amide bonds. The summed E-state index contributed by atoms with van der Waals surface area (Å²) in [6, 6.07) is 10.9. The van der Waals surface area contributed by atoms with Gasteiger partial charge < -0.3 is 9.84 Å². The second kappa shape index (κ2) is 9.43. The van der Waals surface area contributed by atoms with Gasteiger partial charge in [-0.25, -0.2) is 0 Å². The van der Waals surface area contributed by atoms with E-state index in [-0.39, 0.29) is 18.4 Å². The Bertz CT molecular complexity index is 953. The number of likely N-dealkylation sites (tertiary alicyclic amines) is 1. The fourth-order valence-electron chi connectivity index (χ4n) is 5.77. The van der Waals surface area contributed by atoms with Gasteiger partial charge in [0.05, 0.1) is 6.10 Å². The number of ether oxygens (including phenoxy) is 1. The van der Waals surface area contributed by atoms with Crippen LogP contribution in [0.5, 0.6) is 5.75 Å². The molecule has 2 aromatic carbocycles. The van der Waals surface area contributed by atoms with Gasteiger partial charge in [-0.3, -0.25) is 9.69 Å². The van der Waals surface area contributed by atoms with Gasteiger partial charge in [-0.05, 0) is 85.2 Å². The van der Waals surface area contributed by atoms with Gasteiger partial charge in [0.2, 0.25) is 0 Å². The Morgan fingerprint density at radius 1 is 1.09 bits per heavy atom.